The van der Waals surface area contributed by atoms with E-state index in [1.165, 1.54) is 21.2 Å². The zero-order valence-corrected chi connectivity index (χ0v) is 8.03. The van der Waals surface area contributed by atoms with Gasteiger partial charge in [0.25, 0.3) is 0 Å². The summed E-state index contributed by atoms with van der Waals surface area (Å²) in [5.74, 6) is 0. The van der Waals surface area contributed by atoms with Crippen molar-refractivity contribution < 1.29 is 0 Å². The molecule has 0 atom stereocenters. The molecule has 2 aromatic rings. The Bertz CT molecular complexity index is 429. The molecule has 2 N–H and O–H groups in total. The summed E-state index contributed by atoms with van der Waals surface area (Å²) in [4.78, 5) is 0. The van der Waals surface area contributed by atoms with Crippen LogP contribution in [0.25, 0.3) is 10.1 Å². The molecule has 2 heteroatoms. The Hall–Kier alpha value is -1.02. The van der Waals surface area contributed by atoms with Gasteiger partial charge >= 0.3 is 0 Å². The average molecular weight is 177 g/mol. The van der Waals surface area contributed by atoms with E-state index in [0.29, 0.717) is 0 Å². The summed E-state index contributed by atoms with van der Waals surface area (Å²) in [7, 11) is 0. The van der Waals surface area contributed by atoms with Crippen LogP contribution in [0, 0.1) is 13.8 Å². The summed E-state index contributed by atoms with van der Waals surface area (Å²) in [6, 6.07) is 6.45. The lowest BCUT2D eigenvalue weighted by molar-refractivity contribution is 1.50. The van der Waals surface area contributed by atoms with Crippen LogP contribution in [0.1, 0.15) is 11.1 Å². The zero-order chi connectivity index (χ0) is 8.72. The Morgan fingerprint density at radius 1 is 1.25 bits per heavy atom. The minimum atomic E-state index is 0.940. The molecule has 2 rings (SSSR count). The van der Waals surface area contributed by atoms with Gasteiger partial charge in [0.1, 0.15) is 0 Å². The van der Waals surface area contributed by atoms with Crippen molar-refractivity contribution in [3.05, 3.63) is 29.3 Å². The van der Waals surface area contributed by atoms with E-state index in [-0.39, 0.29) is 0 Å². The number of hydrogen-bond acceptors (Lipinski definition) is 2. The van der Waals surface area contributed by atoms with Crippen LogP contribution in [0.15, 0.2) is 18.2 Å². The molecule has 0 bridgehead atoms. The summed E-state index contributed by atoms with van der Waals surface area (Å²) in [6.07, 6.45) is 0. The van der Waals surface area contributed by atoms with Crippen molar-refractivity contribution in [1.29, 1.82) is 0 Å². The van der Waals surface area contributed by atoms with Crippen molar-refractivity contribution in [2.45, 2.75) is 13.8 Å². The van der Waals surface area contributed by atoms with Crippen LogP contribution in [0.2, 0.25) is 0 Å². The molecule has 0 saturated carbocycles. The van der Waals surface area contributed by atoms with Gasteiger partial charge in [0, 0.05) is 4.70 Å². The lowest BCUT2D eigenvalue weighted by Crippen LogP contribution is -1.80. The van der Waals surface area contributed by atoms with Crippen LogP contribution in [0.3, 0.4) is 0 Å². The van der Waals surface area contributed by atoms with Gasteiger partial charge in [0.05, 0.1) is 5.00 Å². The van der Waals surface area contributed by atoms with Crippen molar-refractivity contribution in [3.8, 4) is 0 Å². The number of rotatable bonds is 0. The predicted octanol–water partition coefficient (Wildman–Crippen LogP) is 3.10. The van der Waals surface area contributed by atoms with E-state index in [9.17, 15) is 0 Å². The smallest absolute Gasteiger partial charge is 0.0898 e. The van der Waals surface area contributed by atoms with E-state index in [1.54, 1.807) is 11.3 Å². The summed E-state index contributed by atoms with van der Waals surface area (Å²) in [5, 5.41) is 2.24. The molecule has 0 radical (unpaired) electrons. The Morgan fingerprint density at radius 2 is 2.00 bits per heavy atom. The molecule has 62 valence electrons. The van der Waals surface area contributed by atoms with Gasteiger partial charge in [-0.15, -0.1) is 11.3 Å². The number of nitrogens with two attached hydrogens (primary N) is 1. The van der Waals surface area contributed by atoms with E-state index < -0.39 is 0 Å². The topological polar surface area (TPSA) is 26.0 Å². The van der Waals surface area contributed by atoms with Gasteiger partial charge in [-0.2, -0.15) is 0 Å². The molecule has 1 aromatic heterocycles. The summed E-state index contributed by atoms with van der Waals surface area (Å²) >= 11 is 1.67. The molecule has 0 saturated heterocycles. The normalized spacial score (nSPS) is 10.8. The van der Waals surface area contributed by atoms with Crippen molar-refractivity contribution in [2.75, 3.05) is 5.73 Å². The van der Waals surface area contributed by atoms with E-state index >= 15 is 0 Å². The highest BCUT2D eigenvalue weighted by molar-refractivity contribution is 7.22. The largest absolute Gasteiger partial charge is 0.390 e. The first-order chi connectivity index (χ1) is 5.68. The lowest BCUT2D eigenvalue weighted by Gasteiger charge is -1.93. The molecule has 0 fully saturated rings. The molecular weight excluding hydrogens is 166 g/mol. The van der Waals surface area contributed by atoms with Crippen molar-refractivity contribution in [1.82, 2.24) is 0 Å². The minimum absolute atomic E-state index is 0.940. The third-order valence-electron chi connectivity index (χ3n) is 2.13. The molecule has 0 spiro atoms. The third-order valence-corrected chi connectivity index (χ3v) is 3.23. The molecule has 1 nitrogen and oxygen atoms in total. The number of thiophene rings is 1. The molecule has 1 heterocycles. The van der Waals surface area contributed by atoms with Gasteiger partial charge in [0.2, 0.25) is 0 Å². The molecule has 12 heavy (non-hydrogen) atoms. The molecule has 0 aliphatic heterocycles. The average Bonchev–Trinajstić information content (AvgIpc) is 2.31. The van der Waals surface area contributed by atoms with Crippen LogP contribution in [0.4, 0.5) is 5.00 Å². The number of aryl methyl sites for hydroxylation is 2. The maximum Gasteiger partial charge on any atom is 0.0898 e. The summed E-state index contributed by atoms with van der Waals surface area (Å²) in [5.41, 5.74) is 8.34. The number of fused-ring (bicyclic) bond motifs is 1. The zero-order valence-electron chi connectivity index (χ0n) is 7.22. The monoisotopic (exact) mass is 177 g/mol. The fourth-order valence-electron chi connectivity index (χ4n) is 1.35. The maximum atomic E-state index is 5.82. The number of benzene rings is 1. The lowest BCUT2D eigenvalue weighted by atomic mass is 10.1. The van der Waals surface area contributed by atoms with Gasteiger partial charge in [-0.25, -0.2) is 0 Å². The van der Waals surface area contributed by atoms with Gasteiger partial charge in [0.15, 0.2) is 0 Å². The van der Waals surface area contributed by atoms with Crippen LogP contribution in [-0.2, 0) is 0 Å². The summed E-state index contributed by atoms with van der Waals surface area (Å²) in [6.45, 7) is 4.18. The Morgan fingerprint density at radius 3 is 2.75 bits per heavy atom. The molecule has 0 amide bonds. The quantitative estimate of drug-likeness (QED) is 0.657. The Kier molecular flexibility index (Phi) is 1.58. The minimum Gasteiger partial charge on any atom is -0.390 e. The van der Waals surface area contributed by atoms with Gasteiger partial charge in [-0.1, -0.05) is 17.7 Å². The highest BCUT2D eigenvalue weighted by Gasteiger charge is 2.04. The predicted molar refractivity (Wildman–Crippen MR) is 55.7 cm³/mol. The van der Waals surface area contributed by atoms with E-state index in [2.05, 4.69) is 32.0 Å². The second-order valence-corrected chi connectivity index (χ2v) is 4.17. The van der Waals surface area contributed by atoms with E-state index in [0.717, 1.165) is 5.00 Å². The number of anilines is 1. The summed E-state index contributed by atoms with van der Waals surface area (Å²) < 4.78 is 1.29. The van der Waals surface area contributed by atoms with Crippen molar-refractivity contribution in [3.63, 3.8) is 0 Å². The Balaban J connectivity index is 2.88. The third kappa shape index (κ3) is 0.994. The number of nitrogen functional groups attached to an aromatic ring is 1. The van der Waals surface area contributed by atoms with E-state index in [4.69, 9.17) is 5.73 Å². The van der Waals surface area contributed by atoms with Crippen LogP contribution < -0.4 is 5.73 Å². The van der Waals surface area contributed by atoms with Crippen LogP contribution >= 0.6 is 11.3 Å². The molecule has 1 aromatic carbocycles. The molecular formula is C10H11NS. The Labute approximate surface area is 75.8 Å². The second-order valence-electron chi connectivity index (χ2n) is 3.09. The van der Waals surface area contributed by atoms with Crippen molar-refractivity contribution in [2.24, 2.45) is 0 Å². The standard InChI is InChI=1S/C10H11NS/c1-6-3-4-9-8(5-6)7(2)10(11)12-9/h3-5H,11H2,1-2H3. The molecule has 0 aliphatic carbocycles. The fourth-order valence-corrected chi connectivity index (χ4v) is 2.31. The fraction of sp³-hybridized carbons (Fsp3) is 0.200. The first-order valence-electron chi connectivity index (χ1n) is 3.93. The molecule has 0 unspecified atom stereocenters. The number of hydrogen-bond donors (Lipinski definition) is 1. The van der Waals surface area contributed by atoms with Gasteiger partial charge in [-0.05, 0) is 30.9 Å². The van der Waals surface area contributed by atoms with E-state index in [1.807, 2.05) is 0 Å². The molecule has 0 aliphatic rings. The van der Waals surface area contributed by atoms with Crippen LogP contribution in [0.5, 0.6) is 0 Å². The highest BCUT2D eigenvalue weighted by Crippen LogP contribution is 2.32. The highest BCUT2D eigenvalue weighted by atomic mass is 32.1. The van der Waals surface area contributed by atoms with Crippen molar-refractivity contribution >= 4 is 26.4 Å². The van der Waals surface area contributed by atoms with Gasteiger partial charge < -0.3 is 5.73 Å². The van der Waals surface area contributed by atoms with Gasteiger partial charge in [-0.3, -0.25) is 0 Å². The van der Waals surface area contributed by atoms with Crippen LogP contribution in [-0.4, -0.2) is 0 Å². The SMILES string of the molecule is Cc1ccc2sc(N)c(C)c2c1. The second kappa shape index (κ2) is 2.49. The first kappa shape index (κ1) is 7.62. The maximum absolute atomic E-state index is 5.82. The first-order valence-corrected chi connectivity index (χ1v) is 4.75.